The van der Waals surface area contributed by atoms with Crippen LogP contribution in [-0.4, -0.2) is 30.8 Å². The van der Waals surface area contributed by atoms with Gasteiger partial charge in [-0.25, -0.2) is 10.1 Å². The molecule has 27 heavy (non-hydrogen) atoms. The van der Waals surface area contributed by atoms with E-state index in [-0.39, 0.29) is 11.9 Å². The zero-order valence-corrected chi connectivity index (χ0v) is 14.3. The smallest absolute Gasteiger partial charge is 0.313 e. The second kappa shape index (κ2) is 7.08. The van der Waals surface area contributed by atoms with Crippen molar-refractivity contribution in [1.29, 1.82) is 0 Å². The maximum atomic E-state index is 12.4. The van der Waals surface area contributed by atoms with Crippen LogP contribution in [-0.2, 0) is 0 Å². The monoisotopic (exact) mass is 361 g/mol. The molecule has 9 heteroatoms. The lowest BCUT2D eigenvalue weighted by atomic mass is 10.2. The highest BCUT2D eigenvalue weighted by Gasteiger charge is 2.16. The van der Waals surface area contributed by atoms with Gasteiger partial charge in [0.15, 0.2) is 0 Å². The summed E-state index contributed by atoms with van der Waals surface area (Å²) in [5, 5.41) is 8.13. The van der Waals surface area contributed by atoms with Crippen LogP contribution in [0.2, 0.25) is 0 Å². The normalized spacial score (nSPS) is 10.6. The minimum absolute atomic E-state index is 0.0725. The number of hydrazine groups is 1. The number of pyridine rings is 1. The van der Waals surface area contributed by atoms with Crippen molar-refractivity contribution >= 4 is 11.9 Å². The van der Waals surface area contributed by atoms with Gasteiger partial charge in [0.2, 0.25) is 5.82 Å². The predicted molar refractivity (Wildman–Crippen MR) is 96.9 cm³/mol. The second-order valence-electron chi connectivity index (χ2n) is 5.63. The van der Waals surface area contributed by atoms with Crippen LogP contribution in [0.25, 0.3) is 17.1 Å². The summed E-state index contributed by atoms with van der Waals surface area (Å²) in [6.45, 7) is 1.82. The molecule has 0 fully saturated rings. The number of benzene rings is 1. The van der Waals surface area contributed by atoms with Crippen LogP contribution in [0.4, 0.5) is 6.01 Å². The summed E-state index contributed by atoms with van der Waals surface area (Å²) < 4.78 is 6.78. The lowest BCUT2D eigenvalue weighted by Crippen LogP contribution is -2.29. The van der Waals surface area contributed by atoms with Gasteiger partial charge in [0, 0.05) is 18.0 Å². The third kappa shape index (κ3) is 3.38. The highest BCUT2D eigenvalue weighted by Crippen LogP contribution is 2.16. The molecule has 0 unspecified atom stereocenters. The molecule has 134 valence electrons. The molecule has 9 nitrogen and oxygen atoms in total. The number of aromatic nitrogens is 5. The summed E-state index contributed by atoms with van der Waals surface area (Å²) in [5.41, 5.74) is 7.93. The van der Waals surface area contributed by atoms with E-state index in [1.165, 1.54) is 6.20 Å². The van der Waals surface area contributed by atoms with Crippen LogP contribution in [0.5, 0.6) is 0 Å². The summed E-state index contributed by atoms with van der Waals surface area (Å²) in [6, 6.07) is 13.2. The molecule has 0 saturated heterocycles. The Kier molecular flexibility index (Phi) is 4.32. The summed E-state index contributed by atoms with van der Waals surface area (Å²) in [4.78, 5) is 20.5. The molecule has 0 bridgehead atoms. The Hall–Kier alpha value is -4.01. The SMILES string of the molecule is Cc1c(C(=O)NNc2nc(-c3ccncc3)no2)cnn1-c1ccccc1. The molecule has 0 aliphatic rings. The topological polar surface area (TPSA) is 111 Å². The van der Waals surface area contributed by atoms with E-state index >= 15 is 0 Å². The van der Waals surface area contributed by atoms with Gasteiger partial charge in [-0.1, -0.05) is 23.4 Å². The van der Waals surface area contributed by atoms with Gasteiger partial charge in [0.1, 0.15) is 0 Å². The molecule has 2 N–H and O–H groups in total. The van der Waals surface area contributed by atoms with Crippen LogP contribution in [0, 0.1) is 6.92 Å². The number of amides is 1. The molecule has 3 heterocycles. The Balaban J connectivity index is 1.45. The average Bonchev–Trinajstić information content (AvgIpc) is 3.34. The van der Waals surface area contributed by atoms with E-state index < -0.39 is 0 Å². The number of para-hydroxylation sites is 1. The first-order valence-corrected chi connectivity index (χ1v) is 8.13. The quantitative estimate of drug-likeness (QED) is 0.525. The minimum Gasteiger partial charge on any atom is -0.313 e. The van der Waals surface area contributed by atoms with Gasteiger partial charge in [-0.15, -0.1) is 0 Å². The first-order chi connectivity index (χ1) is 13.2. The van der Waals surface area contributed by atoms with Crippen molar-refractivity contribution < 1.29 is 9.32 Å². The molecule has 1 amide bonds. The Bertz CT molecular complexity index is 1060. The van der Waals surface area contributed by atoms with Crippen molar-refractivity contribution in [2.75, 3.05) is 5.43 Å². The minimum atomic E-state index is -0.363. The summed E-state index contributed by atoms with van der Waals surface area (Å²) in [7, 11) is 0. The fourth-order valence-corrected chi connectivity index (χ4v) is 2.53. The van der Waals surface area contributed by atoms with Crippen LogP contribution in [0.3, 0.4) is 0 Å². The van der Waals surface area contributed by atoms with Crippen molar-refractivity contribution in [3.8, 4) is 17.1 Å². The lowest BCUT2D eigenvalue weighted by Gasteiger charge is -2.06. The van der Waals surface area contributed by atoms with E-state index in [1.54, 1.807) is 29.2 Å². The van der Waals surface area contributed by atoms with Crippen molar-refractivity contribution in [2.45, 2.75) is 6.92 Å². The first-order valence-electron chi connectivity index (χ1n) is 8.13. The van der Waals surface area contributed by atoms with Gasteiger partial charge >= 0.3 is 6.01 Å². The maximum absolute atomic E-state index is 12.4. The molecule has 0 saturated carbocycles. The number of nitrogens with zero attached hydrogens (tertiary/aromatic N) is 5. The van der Waals surface area contributed by atoms with Crippen LogP contribution < -0.4 is 10.9 Å². The molecule has 0 radical (unpaired) electrons. The Morgan fingerprint density at radius 2 is 1.89 bits per heavy atom. The fraction of sp³-hybridized carbons (Fsp3) is 0.0556. The number of rotatable bonds is 5. The number of anilines is 1. The number of hydrogen-bond acceptors (Lipinski definition) is 7. The molecule has 0 spiro atoms. The predicted octanol–water partition coefficient (Wildman–Crippen LogP) is 2.38. The van der Waals surface area contributed by atoms with Gasteiger partial charge < -0.3 is 4.52 Å². The molecule has 3 aromatic heterocycles. The van der Waals surface area contributed by atoms with Gasteiger partial charge in [-0.05, 0) is 31.2 Å². The summed E-state index contributed by atoms with van der Waals surface area (Å²) >= 11 is 0. The first kappa shape index (κ1) is 16.5. The molecule has 4 aromatic rings. The van der Waals surface area contributed by atoms with Crippen LogP contribution in [0.1, 0.15) is 16.1 Å². The number of carbonyl (C=O) groups is 1. The lowest BCUT2D eigenvalue weighted by molar-refractivity contribution is 0.0960. The third-order valence-corrected chi connectivity index (χ3v) is 3.90. The highest BCUT2D eigenvalue weighted by atomic mass is 16.5. The van der Waals surface area contributed by atoms with Crippen molar-refractivity contribution in [3.05, 3.63) is 72.3 Å². The van der Waals surface area contributed by atoms with Gasteiger partial charge in [-0.3, -0.25) is 15.2 Å². The number of nitrogens with one attached hydrogen (secondary N) is 2. The summed E-state index contributed by atoms with van der Waals surface area (Å²) in [6.07, 6.45) is 4.77. The van der Waals surface area contributed by atoms with Gasteiger partial charge in [0.05, 0.1) is 23.1 Å². The standard InChI is InChI=1S/C18H15N7O2/c1-12-15(11-20-25(12)14-5-3-2-4-6-14)17(26)22-23-18-21-16(24-27-18)13-7-9-19-10-8-13/h2-11H,1H3,(H,22,26)(H,21,23,24). The van der Waals surface area contributed by atoms with E-state index in [9.17, 15) is 4.79 Å². The van der Waals surface area contributed by atoms with E-state index in [1.807, 2.05) is 37.3 Å². The fourth-order valence-electron chi connectivity index (χ4n) is 2.53. The zero-order chi connectivity index (χ0) is 18.6. The largest absolute Gasteiger partial charge is 0.340 e. The van der Waals surface area contributed by atoms with Crippen LogP contribution in [0.15, 0.2) is 65.6 Å². The van der Waals surface area contributed by atoms with Crippen molar-refractivity contribution in [1.82, 2.24) is 30.3 Å². The Labute approximate surface area is 154 Å². The van der Waals surface area contributed by atoms with E-state index in [4.69, 9.17) is 4.52 Å². The van der Waals surface area contributed by atoms with E-state index in [0.717, 1.165) is 11.3 Å². The third-order valence-electron chi connectivity index (χ3n) is 3.90. The average molecular weight is 361 g/mol. The van der Waals surface area contributed by atoms with E-state index in [2.05, 4.69) is 31.1 Å². The molecular formula is C18H15N7O2. The van der Waals surface area contributed by atoms with Gasteiger partial charge in [0.25, 0.3) is 5.91 Å². The molecule has 0 atom stereocenters. The van der Waals surface area contributed by atoms with Crippen molar-refractivity contribution in [2.24, 2.45) is 0 Å². The van der Waals surface area contributed by atoms with Crippen LogP contribution >= 0.6 is 0 Å². The molecule has 1 aromatic carbocycles. The maximum Gasteiger partial charge on any atom is 0.340 e. The molecular weight excluding hydrogens is 346 g/mol. The van der Waals surface area contributed by atoms with E-state index in [0.29, 0.717) is 17.1 Å². The Morgan fingerprint density at radius 1 is 1.11 bits per heavy atom. The summed E-state index contributed by atoms with van der Waals surface area (Å²) in [5.74, 6) is 0.0283. The zero-order valence-electron chi connectivity index (χ0n) is 14.3. The highest BCUT2D eigenvalue weighted by molar-refractivity contribution is 5.95. The number of carbonyl (C=O) groups excluding carboxylic acids is 1. The molecule has 4 rings (SSSR count). The molecule has 0 aliphatic heterocycles. The Morgan fingerprint density at radius 3 is 2.67 bits per heavy atom. The molecule has 0 aliphatic carbocycles. The second-order valence-corrected chi connectivity index (χ2v) is 5.63. The van der Waals surface area contributed by atoms with Crippen molar-refractivity contribution in [3.63, 3.8) is 0 Å². The van der Waals surface area contributed by atoms with Gasteiger partial charge in [-0.2, -0.15) is 10.1 Å². The number of hydrogen-bond donors (Lipinski definition) is 2.